The van der Waals surface area contributed by atoms with Crippen LogP contribution in [0.5, 0.6) is 0 Å². The number of amides is 1. The summed E-state index contributed by atoms with van der Waals surface area (Å²) >= 11 is 5.54. The zero-order valence-electron chi connectivity index (χ0n) is 8.33. The number of anilines is 1. The molecule has 1 aromatic rings. The van der Waals surface area contributed by atoms with Gasteiger partial charge in [-0.25, -0.2) is 9.37 Å². The number of hydrogen-bond donors (Lipinski definition) is 2. The number of nitrogens with zero attached hydrogens (tertiary/aromatic N) is 2. The van der Waals surface area contributed by atoms with Gasteiger partial charge in [-0.2, -0.15) is 4.98 Å². The van der Waals surface area contributed by atoms with Crippen LogP contribution in [0.3, 0.4) is 0 Å². The highest BCUT2D eigenvalue weighted by Gasteiger charge is 2.23. The van der Waals surface area contributed by atoms with E-state index < -0.39 is 11.9 Å². The van der Waals surface area contributed by atoms with Gasteiger partial charge in [-0.1, -0.05) is 0 Å². The first-order valence-corrected chi connectivity index (χ1v) is 5.27. The molecular formula is C9H10ClFN4O. The maximum absolute atomic E-state index is 13.3. The van der Waals surface area contributed by atoms with Crippen LogP contribution in [0.25, 0.3) is 0 Å². The summed E-state index contributed by atoms with van der Waals surface area (Å²) in [5, 5.41) is 5.35. The first kappa shape index (κ1) is 11.1. The summed E-state index contributed by atoms with van der Waals surface area (Å²) in [7, 11) is 0. The average molecular weight is 245 g/mol. The molecule has 1 fully saturated rings. The predicted molar refractivity (Wildman–Crippen MR) is 56.7 cm³/mol. The summed E-state index contributed by atoms with van der Waals surface area (Å²) in [6, 6.07) is -0.464. The highest BCUT2D eigenvalue weighted by atomic mass is 35.5. The van der Waals surface area contributed by atoms with E-state index in [9.17, 15) is 9.18 Å². The number of rotatable bonds is 2. The lowest BCUT2D eigenvalue weighted by Gasteiger charge is -2.23. The summed E-state index contributed by atoms with van der Waals surface area (Å²) in [5.74, 6) is -0.815. The Labute approximate surface area is 96.4 Å². The van der Waals surface area contributed by atoms with E-state index in [2.05, 4.69) is 20.6 Å². The number of aromatic nitrogens is 2. The van der Waals surface area contributed by atoms with Crippen LogP contribution in [0.1, 0.15) is 12.8 Å². The molecule has 1 amide bonds. The minimum absolute atomic E-state index is 0.0398. The molecular weight excluding hydrogens is 235 g/mol. The fraction of sp³-hybridized carbons (Fsp3) is 0.444. The first-order chi connectivity index (χ1) is 7.66. The number of piperidine rings is 1. The van der Waals surface area contributed by atoms with E-state index in [0.717, 1.165) is 12.6 Å². The number of carbonyl (C=O) groups excluding carboxylic acids is 1. The van der Waals surface area contributed by atoms with Crippen LogP contribution in [-0.4, -0.2) is 28.5 Å². The molecule has 1 aromatic heterocycles. The lowest BCUT2D eigenvalue weighted by atomic mass is 10.1. The fourth-order valence-electron chi connectivity index (χ4n) is 1.52. The van der Waals surface area contributed by atoms with Crippen molar-refractivity contribution in [3.63, 3.8) is 0 Å². The number of hydrogen-bond acceptors (Lipinski definition) is 4. The predicted octanol–water partition coefficient (Wildman–Crippen LogP) is 0.960. The molecule has 2 heterocycles. The minimum Gasteiger partial charge on any atom is -0.356 e. The third kappa shape index (κ3) is 2.38. The molecule has 86 valence electrons. The standard InChI is InChI=1S/C9H10ClFN4O/c10-9-13-4-5(11)7(15-9)14-6-2-1-3-12-8(6)16/h4,6H,1-3H2,(H,12,16)(H,13,14,15). The van der Waals surface area contributed by atoms with Gasteiger partial charge in [-0.3, -0.25) is 4.79 Å². The van der Waals surface area contributed by atoms with E-state index in [4.69, 9.17) is 11.6 Å². The second-order valence-electron chi connectivity index (χ2n) is 3.47. The second-order valence-corrected chi connectivity index (χ2v) is 3.80. The van der Waals surface area contributed by atoms with Gasteiger partial charge >= 0.3 is 0 Å². The summed E-state index contributed by atoms with van der Waals surface area (Å²) in [4.78, 5) is 18.6. The van der Waals surface area contributed by atoms with Gasteiger partial charge in [-0.15, -0.1) is 0 Å². The van der Waals surface area contributed by atoms with Gasteiger partial charge < -0.3 is 10.6 Å². The Bertz CT molecular complexity index is 414. The van der Waals surface area contributed by atoms with Gasteiger partial charge in [0.1, 0.15) is 6.04 Å². The van der Waals surface area contributed by atoms with E-state index in [1.165, 1.54) is 0 Å². The quantitative estimate of drug-likeness (QED) is 0.761. The lowest BCUT2D eigenvalue weighted by molar-refractivity contribution is -0.123. The van der Waals surface area contributed by atoms with Crippen LogP contribution >= 0.6 is 11.6 Å². The molecule has 0 saturated carbocycles. The zero-order valence-corrected chi connectivity index (χ0v) is 9.09. The molecule has 1 aliphatic rings. The monoisotopic (exact) mass is 244 g/mol. The summed E-state index contributed by atoms with van der Waals surface area (Å²) in [6.07, 6.45) is 2.47. The number of carbonyl (C=O) groups is 1. The van der Waals surface area contributed by atoms with E-state index in [1.807, 2.05) is 0 Å². The van der Waals surface area contributed by atoms with Crippen molar-refractivity contribution >= 4 is 23.3 Å². The molecule has 0 aliphatic carbocycles. The molecule has 0 bridgehead atoms. The van der Waals surface area contributed by atoms with Crippen molar-refractivity contribution in [1.29, 1.82) is 0 Å². The van der Waals surface area contributed by atoms with Crippen molar-refractivity contribution in [2.75, 3.05) is 11.9 Å². The maximum Gasteiger partial charge on any atom is 0.242 e. The molecule has 1 unspecified atom stereocenters. The lowest BCUT2D eigenvalue weighted by Crippen LogP contribution is -2.44. The molecule has 2 rings (SSSR count). The van der Waals surface area contributed by atoms with Crippen molar-refractivity contribution < 1.29 is 9.18 Å². The van der Waals surface area contributed by atoms with Crippen LogP contribution in [0.2, 0.25) is 5.28 Å². The van der Waals surface area contributed by atoms with Crippen molar-refractivity contribution in [2.24, 2.45) is 0 Å². The first-order valence-electron chi connectivity index (χ1n) is 4.89. The van der Waals surface area contributed by atoms with Crippen molar-refractivity contribution in [1.82, 2.24) is 15.3 Å². The Morgan fingerprint density at radius 3 is 3.19 bits per heavy atom. The van der Waals surface area contributed by atoms with E-state index >= 15 is 0 Å². The highest BCUT2D eigenvalue weighted by molar-refractivity contribution is 6.28. The summed E-state index contributed by atoms with van der Waals surface area (Å²) in [6.45, 7) is 0.657. The van der Waals surface area contributed by atoms with E-state index in [1.54, 1.807) is 0 Å². The molecule has 0 radical (unpaired) electrons. The Kier molecular flexibility index (Phi) is 3.19. The van der Waals surface area contributed by atoms with Gasteiger partial charge in [0, 0.05) is 6.54 Å². The average Bonchev–Trinajstić information content (AvgIpc) is 2.27. The molecule has 0 spiro atoms. The molecule has 5 nitrogen and oxygen atoms in total. The van der Waals surface area contributed by atoms with Crippen LogP contribution in [0, 0.1) is 5.82 Å². The van der Waals surface area contributed by atoms with Crippen molar-refractivity contribution in [3.8, 4) is 0 Å². The normalized spacial score (nSPS) is 20.4. The zero-order chi connectivity index (χ0) is 11.5. The molecule has 1 saturated heterocycles. The van der Waals surface area contributed by atoms with Crippen LogP contribution in [0.15, 0.2) is 6.20 Å². The molecule has 16 heavy (non-hydrogen) atoms. The SMILES string of the molecule is O=C1NCCCC1Nc1nc(Cl)ncc1F. The largest absolute Gasteiger partial charge is 0.356 e. The summed E-state index contributed by atoms with van der Waals surface area (Å²) in [5.41, 5.74) is 0. The smallest absolute Gasteiger partial charge is 0.242 e. The molecule has 0 aromatic carbocycles. The topological polar surface area (TPSA) is 66.9 Å². The van der Waals surface area contributed by atoms with Gasteiger partial charge in [0.15, 0.2) is 11.6 Å². The Hall–Kier alpha value is -1.43. The Morgan fingerprint density at radius 2 is 2.44 bits per heavy atom. The molecule has 7 heteroatoms. The van der Waals surface area contributed by atoms with Crippen LogP contribution < -0.4 is 10.6 Å². The van der Waals surface area contributed by atoms with Gasteiger partial charge in [0.25, 0.3) is 0 Å². The van der Waals surface area contributed by atoms with Crippen LogP contribution in [-0.2, 0) is 4.79 Å². The fourth-order valence-corrected chi connectivity index (χ4v) is 1.65. The molecule has 1 aliphatic heterocycles. The number of nitrogens with one attached hydrogen (secondary N) is 2. The molecule has 1 atom stereocenters. The van der Waals surface area contributed by atoms with E-state index in [-0.39, 0.29) is 17.0 Å². The Morgan fingerprint density at radius 1 is 1.62 bits per heavy atom. The highest BCUT2D eigenvalue weighted by Crippen LogP contribution is 2.15. The maximum atomic E-state index is 13.3. The minimum atomic E-state index is -0.622. The van der Waals surface area contributed by atoms with Crippen molar-refractivity contribution in [2.45, 2.75) is 18.9 Å². The Balaban J connectivity index is 2.13. The summed E-state index contributed by atoms with van der Waals surface area (Å²) < 4.78 is 13.3. The van der Waals surface area contributed by atoms with Gasteiger partial charge in [0.05, 0.1) is 6.20 Å². The van der Waals surface area contributed by atoms with Crippen molar-refractivity contribution in [3.05, 3.63) is 17.3 Å². The second kappa shape index (κ2) is 4.61. The van der Waals surface area contributed by atoms with Gasteiger partial charge in [-0.05, 0) is 24.4 Å². The number of halogens is 2. The third-order valence-corrected chi connectivity index (χ3v) is 2.49. The third-order valence-electron chi connectivity index (χ3n) is 2.31. The van der Waals surface area contributed by atoms with Crippen LogP contribution in [0.4, 0.5) is 10.2 Å². The molecule has 2 N–H and O–H groups in total. The van der Waals surface area contributed by atoms with Gasteiger partial charge in [0.2, 0.25) is 11.2 Å². The van der Waals surface area contributed by atoms with E-state index in [0.29, 0.717) is 13.0 Å².